The van der Waals surface area contributed by atoms with Gasteiger partial charge in [0.15, 0.2) is 6.29 Å². The van der Waals surface area contributed by atoms with Gasteiger partial charge >= 0.3 is 0 Å². The number of hydrogen-bond donors (Lipinski definition) is 2. The number of hydrogen-bond acceptors (Lipinski definition) is 18. The standard InChI is InChI=1S/C28H36N4O7.C24H26N4O6.C4H8O/c1-3-38-25(39-4-2)19-37-17-7-5-6-12-30-13-15-31(16-14-30)20-8-9-21-22(18-20)28(36)32(27(21)35)23-10-11-24(33)29-26(23)34;29-13-15-34-14-3-1-2-8-26-9-11-27(12-10-26)17-4-5-18-19(16-17)24(33)28(23(18)32)20-6-7-21(30)25-22(20)31;1-2-4-5-3-1/h8-9,18,23,25H,3-4,7,10-17,19H2,1-2H3,(H,29,33,34);4-5,13,16,20H,3,6-12,14-15H2,(H,25,30,31);1-4H2. The van der Waals surface area contributed by atoms with E-state index in [9.17, 15) is 43.2 Å². The third-order valence-electron chi connectivity index (χ3n) is 13.9. The first-order chi connectivity index (χ1) is 37.9. The number of rotatable bonds is 18. The molecular formula is C56H70N8O14. The third kappa shape index (κ3) is 15.7. The lowest BCUT2D eigenvalue weighted by Crippen LogP contribution is -2.54. The maximum Gasteiger partial charge on any atom is 0.262 e. The first kappa shape index (κ1) is 58.8. The molecule has 2 aromatic carbocycles. The van der Waals surface area contributed by atoms with Crippen molar-refractivity contribution in [3.8, 4) is 23.7 Å². The number of amides is 8. The lowest BCUT2D eigenvalue weighted by Gasteiger charge is -2.35. The summed E-state index contributed by atoms with van der Waals surface area (Å²) in [7, 11) is 0. The normalized spacial score (nSPS) is 20.4. The van der Waals surface area contributed by atoms with Crippen LogP contribution >= 0.6 is 0 Å². The zero-order chi connectivity index (χ0) is 55.4. The minimum Gasteiger partial charge on any atom is -0.381 e. The molecule has 7 aliphatic rings. The zero-order valence-corrected chi connectivity index (χ0v) is 44.6. The molecule has 2 unspecified atom stereocenters. The molecule has 0 bridgehead atoms. The zero-order valence-electron chi connectivity index (χ0n) is 44.6. The van der Waals surface area contributed by atoms with Crippen molar-refractivity contribution in [3.05, 3.63) is 58.7 Å². The van der Waals surface area contributed by atoms with Crippen molar-refractivity contribution in [3.63, 3.8) is 0 Å². The minimum absolute atomic E-state index is 0.0949. The number of ether oxygens (including phenoxy) is 5. The van der Waals surface area contributed by atoms with Crippen molar-refractivity contribution in [1.29, 1.82) is 0 Å². The van der Waals surface area contributed by atoms with Crippen molar-refractivity contribution >= 4 is 64.9 Å². The Morgan fingerprint density at radius 2 is 1.03 bits per heavy atom. The Labute approximate surface area is 454 Å². The van der Waals surface area contributed by atoms with E-state index < -0.39 is 59.3 Å². The van der Waals surface area contributed by atoms with Crippen molar-refractivity contribution in [1.82, 2.24) is 30.2 Å². The van der Waals surface area contributed by atoms with Crippen LogP contribution in [0.25, 0.3) is 0 Å². The summed E-state index contributed by atoms with van der Waals surface area (Å²) in [4.78, 5) is 120. The van der Waals surface area contributed by atoms with Gasteiger partial charge in [-0.05, 0) is 75.9 Å². The number of anilines is 2. The SMILES string of the molecule is C1CCOC1.CCOC(COCCC#CCN1CCN(c2ccc3c(c2)C(=O)N(C2CCC(=O)NC2=O)C3=O)CC1)OCC.O=CCOCCC#CCN1CCN(c2ccc3c(c2)C(=O)N(C2CCC(=O)NC2=O)C3=O)CC1. The highest BCUT2D eigenvalue weighted by Crippen LogP contribution is 2.33. The second kappa shape index (κ2) is 29.7. The fourth-order valence-corrected chi connectivity index (χ4v) is 9.74. The van der Waals surface area contributed by atoms with Gasteiger partial charge in [0.05, 0.1) is 55.2 Å². The van der Waals surface area contributed by atoms with E-state index in [0.717, 1.165) is 93.0 Å². The van der Waals surface area contributed by atoms with E-state index in [-0.39, 0.29) is 55.3 Å². The predicted molar refractivity (Wildman–Crippen MR) is 283 cm³/mol. The molecule has 22 heteroatoms. The second-order valence-corrected chi connectivity index (χ2v) is 19.1. The Morgan fingerprint density at radius 3 is 1.42 bits per heavy atom. The highest BCUT2D eigenvalue weighted by Gasteiger charge is 2.46. The van der Waals surface area contributed by atoms with E-state index in [1.54, 1.807) is 24.3 Å². The van der Waals surface area contributed by atoms with Gasteiger partial charge in [0, 0.05) is 116 Å². The van der Waals surface area contributed by atoms with Crippen LogP contribution in [-0.2, 0) is 47.7 Å². The average molecular weight is 1080 g/mol. The summed E-state index contributed by atoms with van der Waals surface area (Å²) in [6, 6.07) is 8.49. The van der Waals surface area contributed by atoms with Gasteiger partial charge in [-0.2, -0.15) is 0 Å². The molecule has 5 fully saturated rings. The molecule has 0 saturated carbocycles. The minimum atomic E-state index is -0.963. The molecule has 0 aliphatic carbocycles. The van der Waals surface area contributed by atoms with Crippen LogP contribution < -0.4 is 20.4 Å². The smallest absolute Gasteiger partial charge is 0.262 e. The van der Waals surface area contributed by atoms with Gasteiger partial charge in [-0.15, -0.1) is 0 Å². The Hall–Kier alpha value is -6.89. The van der Waals surface area contributed by atoms with E-state index >= 15 is 0 Å². The Kier molecular flexibility index (Phi) is 22.4. The number of carbonyl (C=O) groups excluding carboxylic acids is 9. The molecule has 2 atom stereocenters. The first-order valence-electron chi connectivity index (χ1n) is 26.9. The largest absolute Gasteiger partial charge is 0.381 e. The average Bonchev–Trinajstić information content (AvgIpc) is 4.38. The highest BCUT2D eigenvalue weighted by atomic mass is 16.7. The molecule has 0 spiro atoms. The fourth-order valence-electron chi connectivity index (χ4n) is 9.74. The van der Waals surface area contributed by atoms with Crippen molar-refractivity contribution in [2.24, 2.45) is 0 Å². The Balaban J connectivity index is 0.000000209. The molecule has 418 valence electrons. The van der Waals surface area contributed by atoms with Crippen LogP contribution in [0.1, 0.15) is 107 Å². The van der Waals surface area contributed by atoms with Gasteiger partial charge in [-0.3, -0.25) is 68.6 Å². The summed E-state index contributed by atoms with van der Waals surface area (Å²) < 4.78 is 26.5. The number of fused-ring (bicyclic) bond motifs is 2. The van der Waals surface area contributed by atoms with Gasteiger partial charge in [0.1, 0.15) is 25.0 Å². The van der Waals surface area contributed by atoms with Crippen molar-refractivity contribution in [2.75, 3.05) is 128 Å². The molecule has 0 aromatic heterocycles. The van der Waals surface area contributed by atoms with Crippen LogP contribution in [0.2, 0.25) is 0 Å². The quantitative estimate of drug-likeness (QED) is 0.0709. The summed E-state index contributed by atoms with van der Waals surface area (Å²) in [6.45, 7) is 16.1. The van der Waals surface area contributed by atoms with Crippen LogP contribution in [-0.4, -0.2) is 210 Å². The number of piperidine rings is 2. The molecule has 7 heterocycles. The summed E-state index contributed by atoms with van der Waals surface area (Å²) in [5.41, 5.74) is 2.87. The Bertz CT molecular complexity index is 2630. The van der Waals surface area contributed by atoms with Crippen LogP contribution in [0, 0.1) is 23.7 Å². The summed E-state index contributed by atoms with van der Waals surface area (Å²) in [5, 5.41) is 4.42. The lowest BCUT2D eigenvalue weighted by molar-refractivity contribution is -0.166. The summed E-state index contributed by atoms with van der Waals surface area (Å²) in [5.74, 6) is 8.54. The monoisotopic (exact) mass is 1080 g/mol. The second-order valence-electron chi connectivity index (χ2n) is 19.1. The molecule has 8 amide bonds. The van der Waals surface area contributed by atoms with E-state index in [1.807, 2.05) is 26.0 Å². The van der Waals surface area contributed by atoms with E-state index in [4.69, 9.17) is 23.7 Å². The molecule has 9 rings (SSSR count). The van der Waals surface area contributed by atoms with Crippen LogP contribution in [0.15, 0.2) is 36.4 Å². The molecule has 5 saturated heterocycles. The van der Waals surface area contributed by atoms with Crippen LogP contribution in [0.5, 0.6) is 0 Å². The molecular weight excluding hydrogens is 1010 g/mol. The molecule has 22 nitrogen and oxygen atoms in total. The molecule has 2 N–H and O–H groups in total. The highest BCUT2D eigenvalue weighted by molar-refractivity contribution is 6.24. The molecule has 0 radical (unpaired) electrons. The number of carbonyl (C=O) groups is 9. The molecule has 78 heavy (non-hydrogen) atoms. The number of nitrogens with one attached hydrogen (secondary N) is 2. The number of piperazine rings is 2. The third-order valence-corrected chi connectivity index (χ3v) is 13.9. The van der Waals surface area contributed by atoms with Gasteiger partial charge in [0.2, 0.25) is 23.6 Å². The van der Waals surface area contributed by atoms with E-state index in [0.29, 0.717) is 64.5 Å². The van der Waals surface area contributed by atoms with Gasteiger partial charge in [-0.25, -0.2) is 0 Å². The van der Waals surface area contributed by atoms with E-state index in [2.05, 4.69) is 53.9 Å². The summed E-state index contributed by atoms with van der Waals surface area (Å²) >= 11 is 0. The molecule has 2 aromatic rings. The summed E-state index contributed by atoms with van der Waals surface area (Å²) in [6.07, 6.45) is 4.64. The van der Waals surface area contributed by atoms with E-state index in [1.165, 1.54) is 12.8 Å². The maximum atomic E-state index is 13.1. The van der Waals surface area contributed by atoms with Gasteiger partial charge in [-0.1, -0.05) is 23.7 Å². The van der Waals surface area contributed by atoms with Crippen molar-refractivity contribution in [2.45, 2.75) is 83.6 Å². The van der Waals surface area contributed by atoms with Crippen LogP contribution in [0.4, 0.5) is 11.4 Å². The first-order valence-corrected chi connectivity index (χ1v) is 26.9. The van der Waals surface area contributed by atoms with Crippen LogP contribution in [0.3, 0.4) is 0 Å². The van der Waals surface area contributed by atoms with Crippen molar-refractivity contribution < 1.29 is 66.8 Å². The predicted octanol–water partition coefficient (Wildman–Crippen LogP) is 1.63. The lowest BCUT2D eigenvalue weighted by atomic mass is 10.0. The van der Waals surface area contributed by atoms with Gasteiger partial charge in [0.25, 0.3) is 23.6 Å². The Morgan fingerprint density at radius 1 is 0.590 bits per heavy atom. The fraction of sp³-hybridized carbons (Fsp3) is 0.554. The molecule has 7 aliphatic heterocycles. The topological polar surface area (TPSA) is 243 Å². The number of benzene rings is 2. The van der Waals surface area contributed by atoms with Gasteiger partial charge < -0.3 is 38.3 Å². The number of nitrogens with zero attached hydrogens (tertiary/aromatic N) is 6. The number of aldehydes is 1. The number of imide groups is 4. The maximum absolute atomic E-state index is 13.1.